The molecule has 0 amide bonds. The highest BCUT2D eigenvalue weighted by Gasteiger charge is 2.56. The number of hydrogen-bond donors (Lipinski definition) is 4. The Morgan fingerprint density at radius 2 is 2.04 bits per heavy atom. The molecule has 0 saturated carbocycles. The average molecular weight is 363 g/mol. The highest BCUT2D eigenvalue weighted by atomic mass is 16.5. The van der Waals surface area contributed by atoms with Crippen LogP contribution in [0, 0.1) is 6.92 Å². The van der Waals surface area contributed by atoms with E-state index >= 15 is 0 Å². The van der Waals surface area contributed by atoms with E-state index in [1.165, 1.54) is 6.07 Å². The number of aromatic nitrogens is 2. The summed E-state index contributed by atoms with van der Waals surface area (Å²) in [6.07, 6.45) is 0.199. The molecule has 4 N–H and O–H groups in total. The van der Waals surface area contributed by atoms with E-state index in [-0.39, 0.29) is 24.0 Å². The second kappa shape index (κ2) is 5.26. The van der Waals surface area contributed by atoms with Crippen molar-refractivity contribution in [3.8, 4) is 22.8 Å². The number of phenols is 1. The molecule has 2 bridgehead atoms. The van der Waals surface area contributed by atoms with Crippen molar-refractivity contribution in [1.82, 2.24) is 10.2 Å². The Morgan fingerprint density at radius 3 is 2.78 bits per heavy atom. The van der Waals surface area contributed by atoms with Crippen molar-refractivity contribution < 1.29 is 19.7 Å². The molecule has 136 valence electrons. The van der Waals surface area contributed by atoms with Crippen LogP contribution in [0.2, 0.25) is 0 Å². The number of benzene rings is 2. The first-order valence-corrected chi connectivity index (χ1v) is 8.66. The smallest absolute Gasteiger partial charge is 0.353 e. The number of rotatable bonds is 2. The number of ether oxygens (including phenoxy) is 1. The number of phenolic OH excluding ortho intramolecular Hbond substituents is 1. The lowest BCUT2D eigenvalue weighted by Crippen LogP contribution is -2.49. The van der Waals surface area contributed by atoms with E-state index in [1.807, 2.05) is 37.3 Å². The lowest BCUT2D eigenvalue weighted by Gasteiger charge is -2.43. The van der Waals surface area contributed by atoms with Crippen LogP contribution in [0.25, 0.3) is 11.3 Å². The average Bonchev–Trinajstić information content (AvgIpc) is 3.08. The van der Waals surface area contributed by atoms with Gasteiger partial charge in [0.1, 0.15) is 0 Å². The Labute approximate surface area is 154 Å². The number of nitrogens with one attached hydrogen (secondary N) is 2. The fourth-order valence-corrected chi connectivity index (χ4v) is 3.99. The fraction of sp³-hybridized carbons (Fsp3) is 0.200. The number of aromatic amines is 1. The minimum absolute atomic E-state index is 0.0755. The molecule has 3 aromatic rings. The zero-order chi connectivity index (χ0) is 18.8. The van der Waals surface area contributed by atoms with Crippen LogP contribution in [0.5, 0.6) is 11.5 Å². The summed E-state index contributed by atoms with van der Waals surface area (Å²) in [5.74, 6) is -0.532. The van der Waals surface area contributed by atoms with E-state index in [2.05, 4.69) is 15.5 Å². The Balaban J connectivity index is 1.74. The highest BCUT2D eigenvalue weighted by molar-refractivity contribution is 5.89. The summed E-state index contributed by atoms with van der Waals surface area (Å²) in [5.41, 5.74) is 2.05. The molecule has 3 heterocycles. The van der Waals surface area contributed by atoms with Gasteiger partial charge in [-0.1, -0.05) is 42.0 Å². The van der Waals surface area contributed by atoms with E-state index in [9.17, 15) is 15.0 Å². The molecule has 0 spiro atoms. The number of anilines is 1. The van der Waals surface area contributed by atoms with Gasteiger partial charge in [0.15, 0.2) is 17.3 Å². The van der Waals surface area contributed by atoms with Crippen molar-refractivity contribution in [2.45, 2.75) is 25.0 Å². The SMILES string of the molecule is Cc1ccc(-c2[nH]nc3c2C2(C(=O)O)CC(N3)c3cccc(O)c3O2)cc1. The number of H-pyrrole nitrogens is 1. The molecular weight excluding hydrogens is 346 g/mol. The maximum atomic E-state index is 12.4. The monoisotopic (exact) mass is 363 g/mol. The minimum atomic E-state index is -1.63. The molecule has 7 heteroatoms. The molecule has 27 heavy (non-hydrogen) atoms. The topological polar surface area (TPSA) is 107 Å². The van der Waals surface area contributed by atoms with Crippen LogP contribution in [0.4, 0.5) is 5.82 Å². The molecule has 2 atom stereocenters. The molecule has 2 aromatic carbocycles. The van der Waals surface area contributed by atoms with Crippen LogP contribution < -0.4 is 10.1 Å². The summed E-state index contributed by atoms with van der Waals surface area (Å²) in [4.78, 5) is 12.4. The maximum Gasteiger partial charge on any atom is 0.353 e. The molecule has 0 fully saturated rings. The maximum absolute atomic E-state index is 12.4. The number of aliphatic carboxylic acids is 1. The predicted molar refractivity (Wildman–Crippen MR) is 97.8 cm³/mol. The van der Waals surface area contributed by atoms with Gasteiger partial charge in [-0.05, 0) is 13.0 Å². The van der Waals surface area contributed by atoms with E-state index in [4.69, 9.17) is 4.74 Å². The van der Waals surface area contributed by atoms with E-state index in [0.717, 1.165) is 16.7 Å². The summed E-state index contributed by atoms with van der Waals surface area (Å²) in [6.45, 7) is 1.99. The number of nitrogens with zero attached hydrogens (tertiary/aromatic N) is 1. The third kappa shape index (κ3) is 2.08. The molecule has 1 aromatic heterocycles. The van der Waals surface area contributed by atoms with E-state index in [1.54, 1.807) is 6.07 Å². The lowest BCUT2D eigenvalue weighted by molar-refractivity contribution is -0.159. The van der Waals surface area contributed by atoms with Gasteiger partial charge < -0.3 is 20.3 Å². The zero-order valence-corrected chi connectivity index (χ0v) is 14.5. The Bertz CT molecular complexity index is 1070. The second-order valence-electron chi connectivity index (χ2n) is 7.02. The van der Waals surface area contributed by atoms with Crippen LogP contribution in [0.15, 0.2) is 42.5 Å². The van der Waals surface area contributed by atoms with Crippen LogP contribution in [0.1, 0.15) is 29.2 Å². The van der Waals surface area contributed by atoms with Gasteiger partial charge in [-0.15, -0.1) is 0 Å². The lowest BCUT2D eigenvalue weighted by atomic mass is 9.78. The summed E-state index contributed by atoms with van der Waals surface area (Å²) >= 11 is 0. The second-order valence-corrected chi connectivity index (χ2v) is 7.02. The quantitative estimate of drug-likeness (QED) is 0.556. The number of carbonyl (C=O) groups is 1. The van der Waals surface area contributed by atoms with Crippen molar-refractivity contribution in [1.29, 1.82) is 0 Å². The first-order chi connectivity index (χ1) is 13.0. The molecule has 0 radical (unpaired) electrons. The molecule has 0 saturated heterocycles. The number of aromatic hydroxyl groups is 1. The summed E-state index contributed by atoms with van der Waals surface area (Å²) in [5, 5.41) is 31.0. The molecule has 2 aliphatic rings. The van der Waals surface area contributed by atoms with Crippen LogP contribution >= 0.6 is 0 Å². The van der Waals surface area contributed by atoms with E-state index in [0.29, 0.717) is 17.1 Å². The number of carboxylic acids is 1. The van der Waals surface area contributed by atoms with Crippen LogP contribution in [-0.2, 0) is 10.4 Å². The Kier molecular flexibility index (Phi) is 3.07. The van der Waals surface area contributed by atoms with E-state index < -0.39 is 11.6 Å². The summed E-state index contributed by atoms with van der Waals surface area (Å²) in [7, 11) is 0. The number of para-hydroxylation sites is 1. The van der Waals surface area contributed by atoms with Gasteiger partial charge in [-0.25, -0.2) is 4.79 Å². The highest BCUT2D eigenvalue weighted by Crippen LogP contribution is 2.55. The van der Waals surface area contributed by atoms with Gasteiger partial charge in [-0.2, -0.15) is 5.10 Å². The molecule has 0 aliphatic carbocycles. The first-order valence-electron chi connectivity index (χ1n) is 8.66. The van der Waals surface area contributed by atoms with Crippen molar-refractivity contribution in [2.24, 2.45) is 0 Å². The van der Waals surface area contributed by atoms with Gasteiger partial charge in [0.05, 0.1) is 17.3 Å². The predicted octanol–water partition coefficient (Wildman–Crippen LogP) is 3.32. The van der Waals surface area contributed by atoms with Crippen molar-refractivity contribution in [3.05, 3.63) is 59.2 Å². The molecule has 7 nitrogen and oxygen atoms in total. The van der Waals surface area contributed by atoms with Gasteiger partial charge in [-0.3, -0.25) is 5.10 Å². The number of hydrogen-bond acceptors (Lipinski definition) is 5. The first kappa shape index (κ1) is 15.7. The third-order valence-corrected chi connectivity index (χ3v) is 5.33. The van der Waals surface area contributed by atoms with Crippen molar-refractivity contribution >= 4 is 11.8 Å². The molecular formula is C20H17N3O4. The molecule has 5 rings (SSSR count). The zero-order valence-electron chi connectivity index (χ0n) is 14.5. The van der Waals surface area contributed by atoms with Gasteiger partial charge in [0.2, 0.25) is 5.60 Å². The van der Waals surface area contributed by atoms with Gasteiger partial charge in [0.25, 0.3) is 0 Å². The normalized spacial score (nSPS) is 22.2. The Morgan fingerprint density at radius 1 is 1.26 bits per heavy atom. The summed E-state index contributed by atoms with van der Waals surface area (Å²) in [6, 6.07) is 12.4. The number of carboxylic acid groups (broad SMARTS) is 1. The largest absolute Gasteiger partial charge is 0.504 e. The third-order valence-electron chi connectivity index (χ3n) is 5.33. The fourth-order valence-electron chi connectivity index (χ4n) is 3.99. The van der Waals surface area contributed by atoms with Gasteiger partial charge in [0, 0.05) is 17.5 Å². The van der Waals surface area contributed by atoms with Crippen molar-refractivity contribution in [3.63, 3.8) is 0 Å². The number of aryl methyl sites for hydroxylation is 1. The molecule has 2 unspecified atom stereocenters. The minimum Gasteiger partial charge on any atom is -0.504 e. The molecule has 2 aliphatic heterocycles. The van der Waals surface area contributed by atoms with Crippen LogP contribution in [0.3, 0.4) is 0 Å². The Hall–Kier alpha value is -3.48. The summed E-state index contributed by atoms with van der Waals surface area (Å²) < 4.78 is 6.00. The standard InChI is InChI=1S/C20H17N3O4/c1-10-5-7-11(8-6-10)16-15-18(23-22-16)21-13-9-20(15,19(25)26)27-17-12(13)3-2-4-14(17)24/h2-8,13,24H,9H2,1H3,(H,25,26)(H2,21,22,23). The van der Waals surface area contributed by atoms with Gasteiger partial charge >= 0.3 is 5.97 Å². The van der Waals surface area contributed by atoms with Crippen LogP contribution in [-0.4, -0.2) is 26.4 Å². The number of fused-ring (bicyclic) bond motifs is 6. The van der Waals surface area contributed by atoms with Crippen molar-refractivity contribution in [2.75, 3.05) is 5.32 Å².